The van der Waals surface area contributed by atoms with Gasteiger partial charge in [0, 0.05) is 24.2 Å². The molecule has 1 aromatic carbocycles. The van der Waals surface area contributed by atoms with Crippen LogP contribution in [-0.2, 0) is 16.0 Å². The Morgan fingerprint density at radius 1 is 1.23 bits per heavy atom. The van der Waals surface area contributed by atoms with Gasteiger partial charge in [0.1, 0.15) is 17.9 Å². The molecule has 10 heteroatoms. The molecule has 0 unspecified atom stereocenters. The smallest absolute Gasteiger partial charge is 0.181 e. The van der Waals surface area contributed by atoms with E-state index in [1.807, 2.05) is 30.5 Å². The molecule has 2 aromatic heterocycles. The van der Waals surface area contributed by atoms with Gasteiger partial charge in [0.15, 0.2) is 17.8 Å². The van der Waals surface area contributed by atoms with E-state index in [4.69, 9.17) is 23.5 Å². The molecule has 31 heavy (non-hydrogen) atoms. The first kappa shape index (κ1) is 20.3. The van der Waals surface area contributed by atoms with Gasteiger partial charge in [-0.15, -0.1) is 0 Å². The molecule has 2 fully saturated rings. The number of rotatable bonds is 6. The summed E-state index contributed by atoms with van der Waals surface area (Å²) in [4.78, 5) is 4.49. The van der Waals surface area contributed by atoms with E-state index in [1.54, 1.807) is 20.5 Å². The maximum atomic E-state index is 11.4. The van der Waals surface area contributed by atoms with E-state index in [0.29, 0.717) is 24.7 Å². The van der Waals surface area contributed by atoms with Crippen LogP contribution in [-0.4, -0.2) is 65.2 Å². The molecule has 0 amide bonds. The molecule has 2 N–H and O–H groups in total. The van der Waals surface area contributed by atoms with Gasteiger partial charge in [0.25, 0.3) is 0 Å². The van der Waals surface area contributed by atoms with Crippen LogP contribution in [0.4, 0.5) is 0 Å². The monoisotopic (exact) mass is 430 g/mol. The first-order valence-corrected chi connectivity index (χ1v) is 10.2. The summed E-state index contributed by atoms with van der Waals surface area (Å²) >= 11 is 0. The second-order valence-electron chi connectivity index (χ2n) is 7.91. The predicted octanol–water partition coefficient (Wildman–Crippen LogP) is 1.47. The number of aryl methyl sites for hydroxylation is 2. The van der Waals surface area contributed by atoms with Gasteiger partial charge in [-0.2, -0.15) is 0 Å². The van der Waals surface area contributed by atoms with Gasteiger partial charge in [0.2, 0.25) is 0 Å². The SMILES string of the molecule is COc1cc2ncn([C@H]3[C@@H]4OC[C@@H](O4)[C@@H](NCc4c(C)noc4C)[C@@H]3O)c2cc1OC. The summed E-state index contributed by atoms with van der Waals surface area (Å²) in [6.07, 6.45) is 0.106. The normalized spacial score (nSPS) is 27.7. The Morgan fingerprint density at radius 2 is 2.00 bits per heavy atom. The minimum atomic E-state index is -0.766. The van der Waals surface area contributed by atoms with Crippen molar-refractivity contribution < 1.29 is 28.6 Å². The van der Waals surface area contributed by atoms with Crippen LogP contribution >= 0.6 is 0 Å². The number of hydrogen-bond acceptors (Lipinski definition) is 9. The summed E-state index contributed by atoms with van der Waals surface area (Å²) < 4.78 is 30.0. The van der Waals surface area contributed by atoms with Crippen LogP contribution in [0.25, 0.3) is 11.0 Å². The molecule has 2 aliphatic rings. The molecular weight excluding hydrogens is 404 g/mol. The Kier molecular flexibility index (Phi) is 5.09. The first-order chi connectivity index (χ1) is 15.0. The lowest BCUT2D eigenvalue weighted by Gasteiger charge is -2.39. The summed E-state index contributed by atoms with van der Waals surface area (Å²) in [5, 5.41) is 18.8. The number of benzene rings is 1. The maximum absolute atomic E-state index is 11.4. The third-order valence-electron chi connectivity index (χ3n) is 6.23. The van der Waals surface area contributed by atoms with Crippen LogP contribution in [0, 0.1) is 13.8 Å². The Balaban J connectivity index is 1.46. The van der Waals surface area contributed by atoms with Crippen molar-refractivity contribution in [2.45, 2.75) is 51.0 Å². The zero-order chi connectivity index (χ0) is 21.7. The third kappa shape index (κ3) is 3.26. The van der Waals surface area contributed by atoms with Gasteiger partial charge >= 0.3 is 0 Å². The van der Waals surface area contributed by atoms with Crippen molar-refractivity contribution in [1.82, 2.24) is 20.0 Å². The van der Waals surface area contributed by atoms with Crippen molar-refractivity contribution in [3.63, 3.8) is 0 Å². The lowest BCUT2D eigenvalue weighted by Crippen LogP contribution is -2.57. The van der Waals surface area contributed by atoms with E-state index in [0.717, 1.165) is 28.1 Å². The molecule has 166 valence electrons. The molecule has 5 atom stereocenters. The second-order valence-corrected chi connectivity index (χ2v) is 7.91. The summed E-state index contributed by atoms with van der Waals surface area (Å²) in [5.41, 5.74) is 3.33. The number of ether oxygens (including phenoxy) is 4. The summed E-state index contributed by atoms with van der Waals surface area (Å²) in [7, 11) is 3.17. The fourth-order valence-corrected chi connectivity index (χ4v) is 4.52. The van der Waals surface area contributed by atoms with Crippen LogP contribution in [0.5, 0.6) is 11.5 Å². The zero-order valence-corrected chi connectivity index (χ0v) is 17.9. The molecule has 2 aliphatic heterocycles. The predicted molar refractivity (Wildman–Crippen MR) is 109 cm³/mol. The molecule has 10 nitrogen and oxygen atoms in total. The van der Waals surface area contributed by atoms with Crippen molar-refractivity contribution in [2.24, 2.45) is 0 Å². The van der Waals surface area contributed by atoms with Gasteiger partial charge in [0.05, 0.1) is 56.0 Å². The second kappa shape index (κ2) is 7.79. The van der Waals surface area contributed by atoms with Gasteiger partial charge < -0.3 is 38.5 Å². The molecule has 2 bridgehead atoms. The summed E-state index contributed by atoms with van der Waals surface area (Å²) in [5.74, 6) is 1.94. The highest BCUT2D eigenvalue weighted by atomic mass is 16.7. The van der Waals surface area contributed by atoms with E-state index in [2.05, 4.69) is 15.5 Å². The first-order valence-electron chi connectivity index (χ1n) is 10.2. The van der Waals surface area contributed by atoms with Crippen molar-refractivity contribution in [1.29, 1.82) is 0 Å². The summed E-state index contributed by atoms with van der Waals surface area (Å²) in [6.45, 7) is 4.69. The minimum Gasteiger partial charge on any atom is -0.493 e. The molecule has 0 spiro atoms. The standard InChI is InChI=1S/C21H26N4O6/c1-10-12(11(2)31-24-10)7-22-18-17-8-29-21(30-17)19(20(18)26)25-9-23-13-5-15(27-3)16(28-4)6-14(13)25/h5-6,9,17-22,26H,7-8H2,1-4H3/t17-,18-,19-,20+,21-/m1/s1. The Hall–Kier alpha value is -2.66. The largest absolute Gasteiger partial charge is 0.493 e. The fourth-order valence-electron chi connectivity index (χ4n) is 4.52. The highest BCUT2D eigenvalue weighted by molar-refractivity contribution is 5.80. The minimum absolute atomic E-state index is 0.249. The number of nitrogens with one attached hydrogen (secondary N) is 1. The molecule has 5 rings (SSSR count). The molecule has 0 aliphatic carbocycles. The Bertz CT molecular complexity index is 1080. The van der Waals surface area contributed by atoms with Crippen molar-refractivity contribution >= 4 is 11.0 Å². The number of fused-ring (bicyclic) bond motifs is 3. The Labute approximate surface area is 179 Å². The van der Waals surface area contributed by atoms with Gasteiger partial charge in [-0.05, 0) is 13.8 Å². The van der Waals surface area contributed by atoms with Gasteiger partial charge in [-0.1, -0.05) is 5.16 Å². The molecule has 3 aromatic rings. The van der Waals surface area contributed by atoms with Crippen LogP contribution in [0.2, 0.25) is 0 Å². The fraction of sp³-hybridized carbons (Fsp3) is 0.524. The van der Waals surface area contributed by atoms with E-state index >= 15 is 0 Å². The van der Waals surface area contributed by atoms with Crippen LogP contribution < -0.4 is 14.8 Å². The maximum Gasteiger partial charge on any atom is 0.181 e. The zero-order valence-electron chi connectivity index (χ0n) is 17.9. The van der Waals surface area contributed by atoms with Crippen LogP contribution in [0.1, 0.15) is 23.1 Å². The number of nitrogens with zero attached hydrogens (tertiary/aromatic N) is 3. The summed E-state index contributed by atoms with van der Waals surface area (Å²) in [6, 6.07) is 2.84. The molecule has 4 heterocycles. The quantitative estimate of drug-likeness (QED) is 0.600. The van der Waals surface area contributed by atoms with E-state index in [-0.39, 0.29) is 12.1 Å². The average molecular weight is 430 g/mol. The lowest BCUT2D eigenvalue weighted by molar-refractivity contribution is -0.164. The number of methoxy groups -OCH3 is 2. The number of imidazole rings is 1. The van der Waals surface area contributed by atoms with Crippen molar-refractivity contribution in [2.75, 3.05) is 20.8 Å². The molecule has 0 radical (unpaired) electrons. The molecule has 0 saturated carbocycles. The van der Waals surface area contributed by atoms with Crippen molar-refractivity contribution in [3.05, 3.63) is 35.5 Å². The number of aliphatic hydroxyl groups excluding tert-OH is 1. The highest BCUT2D eigenvalue weighted by Gasteiger charge is 2.51. The lowest BCUT2D eigenvalue weighted by atomic mass is 9.95. The van der Waals surface area contributed by atoms with Gasteiger partial charge in [-0.25, -0.2) is 4.98 Å². The van der Waals surface area contributed by atoms with E-state index in [9.17, 15) is 5.11 Å². The van der Waals surface area contributed by atoms with Crippen LogP contribution in [0.15, 0.2) is 23.0 Å². The van der Waals surface area contributed by atoms with Gasteiger partial charge in [-0.3, -0.25) is 0 Å². The van der Waals surface area contributed by atoms with E-state index < -0.39 is 18.4 Å². The Morgan fingerprint density at radius 3 is 2.71 bits per heavy atom. The van der Waals surface area contributed by atoms with E-state index in [1.165, 1.54) is 0 Å². The molecule has 2 saturated heterocycles. The molecular formula is C21H26N4O6. The topological polar surface area (TPSA) is 113 Å². The number of aliphatic hydroxyl groups is 1. The van der Waals surface area contributed by atoms with Crippen LogP contribution in [0.3, 0.4) is 0 Å². The average Bonchev–Trinajstić information content (AvgIpc) is 3.47. The third-order valence-corrected chi connectivity index (χ3v) is 6.23. The number of hydrogen-bond donors (Lipinski definition) is 2. The van der Waals surface area contributed by atoms with Crippen molar-refractivity contribution in [3.8, 4) is 11.5 Å². The highest BCUT2D eigenvalue weighted by Crippen LogP contribution is 2.39. The number of aromatic nitrogens is 3.